The molecule has 31 heavy (non-hydrogen) atoms. The Hall–Kier alpha value is -2.78. The predicted molar refractivity (Wildman–Crippen MR) is 117 cm³/mol. The van der Waals surface area contributed by atoms with E-state index in [9.17, 15) is 9.18 Å². The molecule has 2 aliphatic heterocycles. The van der Waals surface area contributed by atoms with E-state index in [1.54, 1.807) is 18.2 Å². The Morgan fingerprint density at radius 3 is 2.97 bits per heavy atom. The molecule has 1 aromatic carbocycles. The van der Waals surface area contributed by atoms with Gasteiger partial charge in [-0.15, -0.1) is 21.5 Å². The molecule has 0 aliphatic carbocycles. The predicted octanol–water partition coefficient (Wildman–Crippen LogP) is 4.66. The Morgan fingerprint density at radius 1 is 1.23 bits per heavy atom. The quantitative estimate of drug-likeness (QED) is 0.615. The van der Waals surface area contributed by atoms with Crippen molar-refractivity contribution in [2.75, 3.05) is 5.32 Å². The lowest BCUT2D eigenvalue weighted by Crippen LogP contribution is -2.28. The fourth-order valence-electron chi connectivity index (χ4n) is 3.80. The number of nitrogens with one attached hydrogen (secondary N) is 1. The number of thiophene rings is 1. The average molecular weight is 460 g/mol. The highest BCUT2D eigenvalue weighted by Gasteiger charge is 2.30. The Bertz CT molecular complexity index is 1170. The van der Waals surface area contributed by atoms with Crippen LogP contribution in [0.4, 0.5) is 10.1 Å². The number of halogens is 2. The number of aryl methyl sites for hydroxylation is 1. The number of benzene rings is 1. The first kappa shape index (κ1) is 20.1. The molecule has 10 heteroatoms. The minimum Gasteiger partial charge on any atom is -0.382 e. The van der Waals surface area contributed by atoms with Gasteiger partial charge >= 0.3 is 0 Å². The van der Waals surface area contributed by atoms with Gasteiger partial charge in [0.25, 0.3) is 5.91 Å². The summed E-state index contributed by atoms with van der Waals surface area (Å²) in [6, 6.07) is 8.17. The topological polar surface area (TPSA) is 81.4 Å². The number of nitrogens with zero attached hydrogens (tertiary/aromatic N) is 4. The summed E-state index contributed by atoms with van der Waals surface area (Å²) in [6.45, 7) is 0.833. The molecule has 7 nitrogen and oxygen atoms in total. The number of hydrogen-bond donors (Lipinski definition) is 1. The standard InChI is InChI=1S/C21H19ClFN5O2S/c22-18-8-7-17(31-18)15-11-16(30-27-15)21(29)24-14-10-12(5-6-13(14)23)20-26-25-19-4-2-1-3-9-28(19)20/h5-8,10,16H,1-4,9,11H2,(H,24,29). The maximum Gasteiger partial charge on any atom is 0.268 e. The van der Waals surface area contributed by atoms with Gasteiger partial charge < -0.3 is 14.7 Å². The molecule has 1 unspecified atom stereocenters. The summed E-state index contributed by atoms with van der Waals surface area (Å²) in [5.74, 6) is 0.638. The van der Waals surface area contributed by atoms with Crippen LogP contribution in [0, 0.1) is 5.82 Å². The molecule has 2 aliphatic rings. The molecule has 160 valence electrons. The number of hydrogen-bond acceptors (Lipinski definition) is 6. The zero-order chi connectivity index (χ0) is 21.4. The first-order chi connectivity index (χ1) is 15.1. The van der Waals surface area contributed by atoms with Crippen LogP contribution in [0.3, 0.4) is 0 Å². The van der Waals surface area contributed by atoms with Gasteiger partial charge in [0, 0.05) is 24.9 Å². The van der Waals surface area contributed by atoms with Crippen LogP contribution >= 0.6 is 22.9 Å². The molecular weight excluding hydrogens is 441 g/mol. The monoisotopic (exact) mass is 459 g/mol. The highest BCUT2D eigenvalue weighted by atomic mass is 35.5. The van der Waals surface area contributed by atoms with Crippen LogP contribution in [-0.2, 0) is 22.6 Å². The van der Waals surface area contributed by atoms with E-state index in [0.717, 1.165) is 42.9 Å². The van der Waals surface area contributed by atoms with Gasteiger partial charge in [0.1, 0.15) is 17.4 Å². The first-order valence-electron chi connectivity index (χ1n) is 10.1. The van der Waals surface area contributed by atoms with E-state index in [1.165, 1.54) is 17.4 Å². The molecule has 0 bridgehead atoms. The Labute approximate surface area is 186 Å². The molecule has 0 saturated heterocycles. The number of anilines is 1. The number of fused-ring (bicyclic) bond motifs is 1. The van der Waals surface area contributed by atoms with Crippen molar-refractivity contribution >= 4 is 40.2 Å². The van der Waals surface area contributed by atoms with Crippen molar-refractivity contribution < 1.29 is 14.0 Å². The summed E-state index contributed by atoms with van der Waals surface area (Å²) >= 11 is 7.33. The second-order valence-corrected chi connectivity index (χ2v) is 9.24. The van der Waals surface area contributed by atoms with E-state index in [2.05, 4.69) is 25.2 Å². The van der Waals surface area contributed by atoms with Gasteiger partial charge in [0.15, 0.2) is 5.82 Å². The van der Waals surface area contributed by atoms with Crippen LogP contribution in [0.2, 0.25) is 4.34 Å². The zero-order valence-electron chi connectivity index (χ0n) is 16.5. The largest absolute Gasteiger partial charge is 0.382 e. The van der Waals surface area contributed by atoms with Crippen molar-refractivity contribution in [3.63, 3.8) is 0 Å². The van der Waals surface area contributed by atoms with Crippen LogP contribution < -0.4 is 5.32 Å². The third-order valence-electron chi connectivity index (χ3n) is 5.41. The highest BCUT2D eigenvalue weighted by molar-refractivity contribution is 7.18. The average Bonchev–Trinajstić information content (AvgIpc) is 3.47. The van der Waals surface area contributed by atoms with Crippen molar-refractivity contribution in [3.8, 4) is 11.4 Å². The zero-order valence-corrected chi connectivity index (χ0v) is 18.0. The smallest absolute Gasteiger partial charge is 0.268 e. The number of oxime groups is 1. The van der Waals surface area contributed by atoms with Crippen LogP contribution in [0.1, 0.15) is 36.4 Å². The second-order valence-electron chi connectivity index (χ2n) is 7.53. The van der Waals surface area contributed by atoms with Gasteiger partial charge in [-0.1, -0.05) is 23.2 Å². The van der Waals surface area contributed by atoms with Gasteiger partial charge in [-0.05, 0) is 43.2 Å². The number of aromatic nitrogens is 3. The van der Waals surface area contributed by atoms with E-state index < -0.39 is 17.8 Å². The summed E-state index contributed by atoms with van der Waals surface area (Å²) in [6.07, 6.45) is 3.64. The van der Waals surface area contributed by atoms with Crippen molar-refractivity contribution in [1.82, 2.24) is 14.8 Å². The van der Waals surface area contributed by atoms with Crippen LogP contribution in [0.15, 0.2) is 35.5 Å². The lowest BCUT2D eigenvalue weighted by molar-refractivity contribution is -0.125. The van der Waals surface area contributed by atoms with Gasteiger partial charge in [0.2, 0.25) is 6.10 Å². The van der Waals surface area contributed by atoms with E-state index in [0.29, 0.717) is 27.9 Å². The normalized spacial score (nSPS) is 18.1. The van der Waals surface area contributed by atoms with Gasteiger partial charge in [-0.2, -0.15) is 0 Å². The maximum atomic E-state index is 14.5. The molecule has 2 aromatic heterocycles. The molecule has 4 heterocycles. The third kappa shape index (κ3) is 4.07. The van der Waals surface area contributed by atoms with Gasteiger partial charge in [0.05, 0.1) is 14.9 Å². The third-order valence-corrected chi connectivity index (χ3v) is 6.69. The minimum absolute atomic E-state index is 0.0738. The van der Waals surface area contributed by atoms with Crippen molar-refractivity contribution in [2.45, 2.75) is 44.8 Å². The summed E-state index contributed by atoms with van der Waals surface area (Å²) in [5.41, 5.74) is 1.43. The Kier molecular flexibility index (Phi) is 5.45. The molecule has 1 N–H and O–H groups in total. The fourth-order valence-corrected chi connectivity index (χ4v) is 4.84. The Balaban J connectivity index is 1.32. The van der Waals surface area contributed by atoms with Crippen molar-refractivity contribution in [2.24, 2.45) is 5.16 Å². The number of amides is 1. The molecular formula is C21H19ClFN5O2S. The van der Waals surface area contributed by atoms with Crippen molar-refractivity contribution in [3.05, 3.63) is 51.2 Å². The number of rotatable bonds is 4. The summed E-state index contributed by atoms with van der Waals surface area (Å²) < 4.78 is 17.2. The molecule has 0 spiro atoms. The van der Waals surface area contributed by atoms with Crippen molar-refractivity contribution in [1.29, 1.82) is 0 Å². The SMILES string of the molecule is O=C(Nc1cc(-c2nnc3n2CCCCC3)ccc1F)C1CC(c2ccc(Cl)s2)=NO1. The number of carbonyl (C=O) groups is 1. The fraction of sp³-hybridized carbons (Fsp3) is 0.333. The van der Waals surface area contributed by atoms with E-state index in [-0.39, 0.29) is 5.69 Å². The number of carbonyl (C=O) groups excluding carboxylic acids is 1. The van der Waals surface area contributed by atoms with E-state index in [4.69, 9.17) is 16.4 Å². The van der Waals surface area contributed by atoms with Gasteiger partial charge in [-0.3, -0.25) is 4.79 Å². The molecule has 0 radical (unpaired) electrons. The lowest BCUT2D eigenvalue weighted by atomic mass is 10.1. The van der Waals surface area contributed by atoms with E-state index >= 15 is 0 Å². The summed E-state index contributed by atoms with van der Waals surface area (Å²) in [7, 11) is 0. The van der Waals surface area contributed by atoms with Crippen LogP contribution in [0.25, 0.3) is 11.4 Å². The molecule has 1 atom stereocenters. The van der Waals surface area contributed by atoms with Crippen LogP contribution in [-0.4, -0.2) is 32.5 Å². The Morgan fingerprint density at radius 2 is 2.13 bits per heavy atom. The highest BCUT2D eigenvalue weighted by Crippen LogP contribution is 2.29. The lowest BCUT2D eigenvalue weighted by Gasteiger charge is -2.12. The van der Waals surface area contributed by atoms with Crippen LogP contribution in [0.5, 0.6) is 0 Å². The van der Waals surface area contributed by atoms with Gasteiger partial charge in [-0.25, -0.2) is 4.39 Å². The summed E-state index contributed by atoms with van der Waals surface area (Å²) in [4.78, 5) is 18.8. The molecule has 5 rings (SSSR count). The maximum absolute atomic E-state index is 14.5. The molecule has 0 saturated carbocycles. The first-order valence-corrected chi connectivity index (χ1v) is 11.3. The molecule has 1 amide bonds. The van der Waals surface area contributed by atoms with E-state index in [1.807, 2.05) is 6.07 Å². The minimum atomic E-state index is -0.830. The summed E-state index contributed by atoms with van der Waals surface area (Å²) in [5, 5.41) is 15.2. The molecule has 0 fully saturated rings. The second kappa shape index (κ2) is 8.39. The molecule has 3 aromatic rings.